The van der Waals surface area contributed by atoms with Gasteiger partial charge >= 0.3 is 0 Å². The average molecular weight is 150 g/mol. The van der Waals surface area contributed by atoms with Gasteiger partial charge in [-0.05, 0) is 6.42 Å². The van der Waals surface area contributed by atoms with Gasteiger partial charge in [-0.3, -0.25) is 10.2 Å². The maximum atomic E-state index is 6.96. The van der Waals surface area contributed by atoms with E-state index >= 15 is 0 Å². The van der Waals surface area contributed by atoms with Crippen LogP contribution < -0.4 is 10.2 Å². The molecule has 0 atom stereocenters. The van der Waals surface area contributed by atoms with Crippen molar-refractivity contribution in [1.82, 2.24) is 10.2 Å². The Kier molecular flexibility index (Phi) is 5.41. The van der Waals surface area contributed by atoms with Gasteiger partial charge in [-0.2, -0.15) is 0 Å². The Morgan fingerprint density at radius 3 is 2.78 bits per heavy atom. The quantitative estimate of drug-likeness (QED) is 0.243. The first-order valence-corrected chi connectivity index (χ1v) is 3.38. The Morgan fingerprint density at radius 2 is 2.33 bits per heavy atom. The minimum atomic E-state index is 0.171. The molecule has 0 radical (unpaired) electrons. The summed E-state index contributed by atoms with van der Waals surface area (Å²) in [5.41, 5.74) is 0. The van der Waals surface area contributed by atoms with E-state index in [0.717, 1.165) is 19.4 Å². The Bertz CT molecular complexity index is 84.3. The van der Waals surface area contributed by atoms with Crippen LogP contribution in [0.15, 0.2) is 0 Å². The molecule has 0 saturated carbocycles. The SMILES string of the molecule is CCCCNC(=N)NCl. The second kappa shape index (κ2) is 5.69. The highest BCUT2D eigenvalue weighted by Gasteiger charge is 1.87. The van der Waals surface area contributed by atoms with Gasteiger partial charge in [0.05, 0.1) is 0 Å². The molecule has 0 saturated heterocycles. The second-order valence-corrected chi connectivity index (χ2v) is 1.94. The molecule has 0 rings (SSSR count). The van der Waals surface area contributed by atoms with Crippen LogP contribution in [0.4, 0.5) is 0 Å². The van der Waals surface area contributed by atoms with Gasteiger partial charge in [0, 0.05) is 18.3 Å². The summed E-state index contributed by atoms with van der Waals surface area (Å²) < 4.78 is 0. The molecule has 0 amide bonds. The lowest BCUT2D eigenvalue weighted by atomic mass is 10.3. The summed E-state index contributed by atoms with van der Waals surface area (Å²) in [6, 6.07) is 0. The van der Waals surface area contributed by atoms with E-state index in [1.807, 2.05) is 0 Å². The maximum Gasteiger partial charge on any atom is 0.203 e. The summed E-state index contributed by atoms with van der Waals surface area (Å²) >= 11 is 5.09. The molecule has 3 nitrogen and oxygen atoms in total. The third-order valence-electron chi connectivity index (χ3n) is 0.927. The van der Waals surface area contributed by atoms with E-state index in [4.69, 9.17) is 17.2 Å². The summed E-state index contributed by atoms with van der Waals surface area (Å²) in [6.45, 7) is 2.91. The van der Waals surface area contributed by atoms with Crippen LogP contribution in [0.3, 0.4) is 0 Å². The Labute approximate surface area is 60.4 Å². The zero-order valence-corrected chi connectivity index (χ0v) is 6.26. The first-order chi connectivity index (χ1) is 4.31. The Morgan fingerprint density at radius 1 is 1.67 bits per heavy atom. The van der Waals surface area contributed by atoms with E-state index in [1.54, 1.807) is 0 Å². The van der Waals surface area contributed by atoms with Crippen molar-refractivity contribution in [2.24, 2.45) is 0 Å². The predicted molar refractivity (Wildman–Crippen MR) is 39.6 cm³/mol. The predicted octanol–water partition coefficient (Wildman–Crippen LogP) is 1.05. The van der Waals surface area contributed by atoms with Crippen LogP contribution in [0.2, 0.25) is 0 Å². The molecule has 54 valence electrons. The van der Waals surface area contributed by atoms with Crippen LogP contribution in [0.25, 0.3) is 0 Å². The van der Waals surface area contributed by atoms with Crippen LogP contribution in [0, 0.1) is 5.41 Å². The fourth-order valence-electron chi connectivity index (χ4n) is 0.424. The molecule has 0 heterocycles. The first-order valence-electron chi connectivity index (χ1n) is 3.00. The molecule has 3 N–H and O–H groups in total. The van der Waals surface area contributed by atoms with Crippen molar-refractivity contribution in [2.45, 2.75) is 19.8 Å². The number of nitrogens with one attached hydrogen (secondary N) is 3. The summed E-state index contributed by atoms with van der Waals surface area (Å²) in [5.74, 6) is 0.171. The molecule has 0 unspecified atom stereocenters. The number of guanidine groups is 1. The van der Waals surface area contributed by atoms with E-state index in [-0.39, 0.29) is 5.96 Å². The van der Waals surface area contributed by atoms with Gasteiger partial charge in [-0.15, -0.1) is 0 Å². The number of unbranched alkanes of at least 4 members (excludes halogenated alkanes) is 1. The van der Waals surface area contributed by atoms with E-state index in [2.05, 4.69) is 17.1 Å². The van der Waals surface area contributed by atoms with Gasteiger partial charge in [0.15, 0.2) is 0 Å². The van der Waals surface area contributed by atoms with Gasteiger partial charge in [0.2, 0.25) is 5.96 Å². The largest absolute Gasteiger partial charge is 0.356 e. The summed E-state index contributed by atoms with van der Waals surface area (Å²) in [6.07, 6.45) is 2.20. The van der Waals surface area contributed by atoms with Crippen molar-refractivity contribution in [2.75, 3.05) is 6.54 Å². The molecule has 0 aromatic heterocycles. The Hall–Kier alpha value is -0.440. The highest BCUT2D eigenvalue weighted by Crippen LogP contribution is 1.81. The molecule has 0 aliphatic carbocycles. The van der Waals surface area contributed by atoms with Gasteiger partial charge in [-0.25, -0.2) is 0 Å². The van der Waals surface area contributed by atoms with Crippen LogP contribution in [-0.4, -0.2) is 12.5 Å². The first kappa shape index (κ1) is 8.56. The number of halogens is 1. The standard InChI is InChI=1S/C5H12ClN3/c1-2-3-4-8-5(7)9-6/h2-4H2,1H3,(H3,7,8,9). The third-order valence-corrected chi connectivity index (χ3v) is 1.12. The second-order valence-electron chi connectivity index (χ2n) is 1.75. The van der Waals surface area contributed by atoms with Gasteiger partial charge in [0.25, 0.3) is 0 Å². The lowest BCUT2D eigenvalue weighted by molar-refractivity contribution is 0.746. The van der Waals surface area contributed by atoms with Gasteiger partial charge < -0.3 is 5.32 Å². The van der Waals surface area contributed by atoms with E-state index in [9.17, 15) is 0 Å². The smallest absolute Gasteiger partial charge is 0.203 e. The number of hydrogen-bond acceptors (Lipinski definition) is 1. The highest BCUT2D eigenvalue weighted by molar-refractivity contribution is 6.21. The Balaban J connectivity index is 2.97. The van der Waals surface area contributed by atoms with Crippen molar-refractivity contribution in [3.63, 3.8) is 0 Å². The highest BCUT2D eigenvalue weighted by atomic mass is 35.5. The van der Waals surface area contributed by atoms with E-state index in [0.29, 0.717) is 0 Å². The van der Waals surface area contributed by atoms with Crippen LogP contribution in [0.5, 0.6) is 0 Å². The van der Waals surface area contributed by atoms with E-state index < -0.39 is 0 Å². The molecule has 0 aliphatic rings. The molecule has 0 bridgehead atoms. The van der Waals surface area contributed by atoms with Gasteiger partial charge in [-0.1, -0.05) is 13.3 Å². The van der Waals surface area contributed by atoms with Crippen LogP contribution >= 0.6 is 11.8 Å². The minimum absolute atomic E-state index is 0.171. The van der Waals surface area contributed by atoms with Crippen molar-refractivity contribution < 1.29 is 0 Å². The molecule has 9 heavy (non-hydrogen) atoms. The number of hydrogen-bond donors (Lipinski definition) is 3. The normalized spacial score (nSPS) is 8.67. The minimum Gasteiger partial charge on any atom is -0.356 e. The fourth-order valence-corrected chi connectivity index (χ4v) is 0.490. The zero-order valence-electron chi connectivity index (χ0n) is 5.50. The summed E-state index contributed by atoms with van der Waals surface area (Å²) in [7, 11) is 0. The fraction of sp³-hybridized carbons (Fsp3) is 0.800. The lowest BCUT2D eigenvalue weighted by Crippen LogP contribution is -2.31. The van der Waals surface area contributed by atoms with Crippen molar-refractivity contribution in [1.29, 1.82) is 5.41 Å². The zero-order chi connectivity index (χ0) is 7.11. The molecule has 0 fully saturated rings. The third kappa shape index (κ3) is 5.43. The molecule has 0 aromatic rings. The molecular formula is C5H12ClN3. The maximum absolute atomic E-state index is 6.96. The molecule has 0 aliphatic heterocycles. The average Bonchev–Trinajstić information content (AvgIpc) is 1.89. The topological polar surface area (TPSA) is 47.9 Å². The van der Waals surface area contributed by atoms with Crippen LogP contribution in [-0.2, 0) is 0 Å². The molecular weight excluding hydrogens is 138 g/mol. The summed E-state index contributed by atoms with van der Waals surface area (Å²) in [4.78, 5) is 2.17. The molecule has 0 spiro atoms. The molecule has 0 aromatic carbocycles. The lowest BCUT2D eigenvalue weighted by Gasteiger charge is -2.02. The van der Waals surface area contributed by atoms with Crippen molar-refractivity contribution in [3.8, 4) is 0 Å². The monoisotopic (exact) mass is 149 g/mol. The van der Waals surface area contributed by atoms with Crippen molar-refractivity contribution >= 4 is 17.7 Å². The summed E-state index contributed by atoms with van der Waals surface area (Å²) in [5, 5.41) is 9.74. The molecule has 4 heteroatoms. The van der Waals surface area contributed by atoms with E-state index in [1.165, 1.54) is 0 Å². The van der Waals surface area contributed by atoms with Gasteiger partial charge in [0.1, 0.15) is 0 Å². The van der Waals surface area contributed by atoms with Crippen molar-refractivity contribution in [3.05, 3.63) is 0 Å². The number of rotatable bonds is 3. The van der Waals surface area contributed by atoms with Crippen LogP contribution in [0.1, 0.15) is 19.8 Å².